The molecule has 0 fully saturated rings. The summed E-state index contributed by atoms with van der Waals surface area (Å²) in [6, 6.07) is 4.85. The quantitative estimate of drug-likeness (QED) is 0.791. The maximum atomic E-state index is 3.66. The Balaban J connectivity index is 3.03. The topological polar surface area (TPSA) is 12.0 Å². The first-order chi connectivity index (χ1) is 7.60. The molecule has 1 aromatic rings. The summed E-state index contributed by atoms with van der Waals surface area (Å²) >= 11 is 7.26. The molecule has 90 valence electrons. The van der Waals surface area contributed by atoms with Crippen LogP contribution in [0.1, 0.15) is 43.9 Å². The zero-order chi connectivity index (χ0) is 12.1. The zero-order valence-corrected chi connectivity index (χ0v) is 13.3. The van der Waals surface area contributed by atoms with Gasteiger partial charge in [-0.15, -0.1) is 0 Å². The highest BCUT2D eigenvalue weighted by molar-refractivity contribution is 9.11. The molecule has 0 saturated carbocycles. The van der Waals surface area contributed by atoms with E-state index in [1.165, 1.54) is 32.9 Å². The van der Waals surface area contributed by atoms with Gasteiger partial charge in [0.15, 0.2) is 0 Å². The summed E-state index contributed by atoms with van der Waals surface area (Å²) in [6.45, 7) is 7.49. The summed E-state index contributed by atoms with van der Waals surface area (Å²) in [6.07, 6.45) is 2.36. The number of benzene rings is 1. The number of nitrogens with one attached hydrogen (secondary N) is 1. The standard InChI is InChI=1S/C13H19Br2N/c1-4-6-13(16-5-2)10-8-11(14)9(3)7-12(10)15/h7-8,13,16H,4-6H2,1-3H3. The number of hydrogen-bond donors (Lipinski definition) is 1. The summed E-state index contributed by atoms with van der Waals surface area (Å²) in [5.74, 6) is 0. The van der Waals surface area contributed by atoms with Crippen LogP contribution in [0.4, 0.5) is 0 Å². The van der Waals surface area contributed by atoms with Crippen LogP contribution in [0.15, 0.2) is 21.1 Å². The molecule has 0 aliphatic carbocycles. The van der Waals surface area contributed by atoms with Crippen LogP contribution in [0, 0.1) is 6.92 Å². The molecule has 0 aromatic heterocycles. The van der Waals surface area contributed by atoms with Gasteiger partial charge in [0.25, 0.3) is 0 Å². The minimum atomic E-state index is 0.446. The normalized spacial score (nSPS) is 12.8. The number of aryl methyl sites for hydroxylation is 1. The van der Waals surface area contributed by atoms with Crippen LogP contribution in [-0.4, -0.2) is 6.54 Å². The van der Waals surface area contributed by atoms with Gasteiger partial charge in [0, 0.05) is 15.0 Å². The second-order valence-electron chi connectivity index (χ2n) is 4.02. The fraction of sp³-hybridized carbons (Fsp3) is 0.538. The molecule has 1 N–H and O–H groups in total. The van der Waals surface area contributed by atoms with Gasteiger partial charge in [0.1, 0.15) is 0 Å². The molecule has 0 aliphatic rings. The highest BCUT2D eigenvalue weighted by Crippen LogP contribution is 2.31. The van der Waals surface area contributed by atoms with Crippen molar-refractivity contribution < 1.29 is 0 Å². The van der Waals surface area contributed by atoms with E-state index in [2.05, 4.69) is 70.1 Å². The molecule has 1 aromatic carbocycles. The van der Waals surface area contributed by atoms with Gasteiger partial charge in [-0.2, -0.15) is 0 Å². The Labute approximate surface area is 115 Å². The zero-order valence-electron chi connectivity index (χ0n) is 10.1. The van der Waals surface area contributed by atoms with Crippen molar-refractivity contribution in [2.45, 2.75) is 39.7 Å². The molecule has 1 unspecified atom stereocenters. The van der Waals surface area contributed by atoms with E-state index in [4.69, 9.17) is 0 Å². The first kappa shape index (κ1) is 14.2. The van der Waals surface area contributed by atoms with Crippen LogP contribution in [-0.2, 0) is 0 Å². The third-order valence-corrected chi connectivity index (χ3v) is 4.22. The van der Waals surface area contributed by atoms with Gasteiger partial charge in [-0.25, -0.2) is 0 Å². The Hall–Kier alpha value is 0.140. The lowest BCUT2D eigenvalue weighted by atomic mass is 10.0. The van der Waals surface area contributed by atoms with Gasteiger partial charge < -0.3 is 5.32 Å². The van der Waals surface area contributed by atoms with Gasteiger partial charge in [-0.3, -0.25) is 0 Å². The van der Waals surface area contributed by atoms with Crippen LogP contribution < -0.4 is 5.32 Å². The van der Waals surface area contributed by atoms with Crippen molar-refractivity contribution in [3.63, 3.8) is 0 Å². The van der Waals surface area contributed by atoms with E-state index >= 15 is 0 Å². The van der Waals surface area contributed by atoms with E-state index in [0.29, 0.717) is 6.04 Å². The van der Waals surface area contributed by atoms with Crippen molar-refractivity contribution in [3.05, 3.63) is 32.2 Å². The van der Waals surface area contributed by atoms with Gasteiger partial charge >= 0.3 is 0 Å². The van der Waals surface area contributed by atoms with Crippen LogP contribution >= 0.6 is 31.9 Å². The summed E-state index contributed by atoms with van der Waals surface area (Å²) < 4.78 is 2.39. The molecule has 1 nitrogen and oxygen atoms in total. The van der Waals surface area contributed by atoms with Crippen LogP contribution in [0.5, 0.6) is 0 Å². The Kier molecular flexibility index (Phi) is 6.01. The first-order valence-corrected chi connectivity index (χ1v) is 7.37. The molecule has 16 heavy (non-hydrogen) atoms. The van der Waals surface area contributed by atoms with Gasteiger partial charge in [-0.05, 0) is 43.1 Å². The molecule has 0 bridgehead atoms. The van der Waals surface area contributed by atoms with E-state index in [-0.39, 0.29) is 0 Å². The monoisotopic (exact) mass is 347 g/mol. The Bertz CT molecular complexity index is 344. The average Bonchev–Trinajstić information content (AvgIpc) is 2.23. The maximum absolute atomic E-state index is 3.66. The SMILES string of the molecule is CCCC(NCC)c1cc(Br)c(C)cc1Br. The average molecular weight is 349 g/mol. The predicted molar refractivity (Wildman–Crippen MR) is 77.9 cm³/mol. The lowest BCUT2D eigenvalue weighted by Crippen LogP contribution is -2.21. The number of halogens is 2. The van der Waals surface area contributed by atoms with Crippen molar-refractivity contribution in [2.24, 2.45) is 0 Å². The van der Waals surface area contributed by atoms with Gasteiger partial charge in [-0.1, -0.05) is 52.1 Å². The molecule has 0 amide bonds. The van der Waals surface area contributed by atoms with E-state index in [9.17, 15) is 0 Å². The Morgan fingerprint density at radius 1 is 1.19 bits per heavy atom. The fourth-order valence-corrected chi connectivity index (χ4v) is 2.93. The molecular weight excluding hydrogens is 330 g/mol. The third kappa shape index (κ3) is 3.57. The van der Waals surface area contributed by atoms with Crippen LogP contribution in [0.25, 0.3) is 0 Å². The van der Waals surface area contributed by atoms with E-state index in [1.807, 2.05) is 0 Å². The molecule has 0 aliphatic heterocycles. The van der Waals surface area contributed by atoms with Gasteiger partial charge in [0.05, 0.1) is 0 Å². The minimum Gasteiger partial charge on any atom is -0.310 e. The highest BCUT2D eigenvalue weighted by Gasteiger charge is 2.13. The predicted octanol–water partition coefficient (Wildman–Crippen LogP) is 4.97. The number of rotatable bonds is 5. The second-order valence-corrected chi connectivity index (χ2v) is 5.73. The van der Waals surface area contributed by atoms with E-state index < -0.39 is 0 Å². The maximum Gasteiger partial charge on any atom is 0.0331 e. The van der Waals surface area contributed by atoms with Crippen molar-refractivity contribution in [3.8, 4) is 0 Å². The molecule has 1 atom stereocenters. The Morgan fingerprint density at radius 2 is 1.88 bits per heavy atom. The first-order valence-electron chi connectivity index (χ1n) is 5.79. The van der Waals surface area contributed by atoms with Crippen molar-refractivity contribution >= 4 is 31.9 Å². The fourth-order valence-electron chi connectivity index (χ4n) is 1.83. The molecule has 0 radical (unpaired) electrons. The molecule has 3 heteroatoms. The van der Waals surface area contributed by atoms with Gasteiger partial charge in [0.2, 0.25) is 0 Å². The molecule has 1 rings (SSSR count). The van der Waals surface area contributed by atoms with E-state index in [0.717, 1.165) is 6.54 Å². The van der Waals surface area contributed by atoms with Crippen LogP contribution in [0.3, 0.4) is 0 Å². The van der Waals surface area contributed by atoms with Crippen molar-refractivity contribution in [2.75, 3.05) is 6.54 Å². The lowest BCUT2D eigenvalue weighted by Gasteiger charge is -2.20. The summed E-state index contributed by atoms with van der Waals surface area (Å²) in [5.41, 5.74) is 2.61. The van der Waals surface area contributed by atoms with Crippen molar-refractivity contribution in [1.82, 2.24) is 5.32 Å². The highest BCUT2D eigenvalue weighted by atomic mass is 79.9. The molecule has 0 saturated heterocycles. The largest absolute Gasteiger partial charge is 0.310 e. The van der Waals surface area contributed by atoms with Crippen LogP contribution in [0.2, 0.25) is 0 Å². The second kappa shape index (κ2) is 6.77. The molecular formula is C13H19Br2N. The summed E-state index contributed by atoms with van der Waals surface area (Å²) in [5, 5.41) is 3.54. The molecule has 0 heterocycles. The minimum absolute atomic E-state index is 0.446. The summed E-state index contributed by atoms with van der Waals surface area (Å²) in [7, 11) is 0. The third-order valence-electron chi connectivity index (χ3n) is 2.68. The van der Waals surface area contributed by atoms with Crippen molar-refractivity contribution in [1.29, 1.82) is 0 Å². The smallest absolute Gasteiger partial charge is 0.0331 e. The Morgan fingerprint density at radius 3 is 2.44 bits per heavy atom. The molecule has 0 spiro atoms. The summed E-state index contributed by atoms with van der Waals surface area (Å²) in [4.78, 5) is 0. The number of hydrogen-bond acceptors (Lipinski definition) is 1. The lowest BCUT2D eigenvalue weighted by molar-refractivity contribution is 0.507. The van der Waals surface area contributed by atoms with E-state index in [1.54, 1.807) is 0 Å².